The zero-order valence-electron chi connectivity index (χ0n) is 10.1. The summed E-state index contributed by atoms with van der Waals surface area (Å²) in [6.07, 6.45) is 5.96. The summed E-state index contributed by atoms with van der Waals surface area (Å²) < 4.78 is 5.97. The Hall–Kier alpha value is -0.0800. The van der Waals surface area contributed by atoms with Crippen LogP contribution in [0, 0.1) is 0 Å². The third-order valence-corrected chi connectivity index (χ3v) is 2.75. The lowest BCUT2D eigenvalue weighted by atomic mass is 9.96. The first-order valence-corrected chi connectivity index (χ1v) is 5.92. The van der Waals surface area contributed by atoms with Gasteiger partial charge in [-0.25, -0.2) is 0 Å². The highest BCUT2D eigenvalue weighted by atomic mass is 16.5. The Morgan fingerprint density at radius 1 is 1.36 bits per heavy atom. The second kappa shape index (κ2) is 5.13. The normalized spacial score (nSPS) is 20.6. The molecule has 0 heterocycles. The zero-order chi connectivity index (χ0) is 10.6. The fourth-order valence-electron chi connectivity index (χ4n) is 1.49. The third-order valence-electron chi connectivity index (χ3n) is 2.75. The van der Waals surface area contributed by atoms with E-state index in [9.17, 15) is 0 Å². The molecule has 0 radical (unpaired) electrons. The van der Waals surface area contributed by atoms with Crippen LogP contribution in [0.15, 0.2) is 0 Å². The Morgan fingerprint density at radius 2 is 2.00 bits per heavy atom. The quantitative estimate of drug-likeness (QED) is 0.735. The molecule has 0 aromatic carbocycles. The highest BCUT2D eigenvalue weighted by molar-refractivity contribution is 4.76. The van der Waals surface area contributed by atoms with E-state index in [4.69, 9.17) is 4.74 Å². The fraction of sp³-hybridized carbons (Fsp3) is 1.00. The van der Waals surface area contributed by atoms with Crippen molar-refractivity contribution in [2.75, 3.05) is 6.54 Å². The van der Waals surface area contributed by atoms with Crippen LogP contribution < -0.4 is 5.32 Å². The monoisotopic (exact) mass is 199 g/mol. The number of hydrogen-bond acceptors (Lipinski definition) is 2. The maximum absolute atomic E-state index is 5.97. The highest BCUT2D eigenvalue weighted by Gasteiger charge is 2.22. The van der Waals surface area contributed by atoms with Crippen LogP contribution in [0.5, 0.6) is 0 Å². The molecule has 1 unspecified atom stereocenters. The van der Waals surface area contributed by atoms with Gasteiger partial charge < -0.3 is 10.1 Å². The lowest BCUT2D eigenvalue weighted by Gasteiger charge is -2.32. The van der Waals surface area contributed by atoms with Crippen LogP contribution in [0.1, 0.15) is 53.4 Å². The van der Waals surface area contributed by atoms with E-state index in [1.54, 1.807) is 0 Å². The molecule has 1 fully saturated rings. The van der Waals surface area contributed by atoms with Crippen molar-refractivity contribution in [3.63, 3.8) is 0 Å². The van der Waals surface area contributed by atoms with E-state index in [1.165, 1.54) is 19.3 Å². The van der Waals surface area contributed by atoms with Gasteiger partial charge in [0.2, 0.25) is 0 Å². The summed E-state index contributed by atoms with van der Waals surface area (Å²) in [6.45, 7) is 9.78. The van der Waals surface area contributed by atoms with E-state index in [-0.39, 0.29) is 5.54 Å². The van der Waals surface area contributed by atoms with Crippen LogP contribution in [0.3, 0.4) is 0 Å². The first kappa shape index (κ1) is 12.0. The maximum atomic E-state index is 5.97. The van der Waals surface area contributed by atoms with E-state index in [2.05, 4.69) is 33.0 Å². The summed E-state index contributed by atoms with van der Waals surface area (Å²) in [7, 11) is 0. The SMILES string of the molecule is CCC(CNC(C)(C)C)OC1CCC1. The Bertz CT molecular complexity index is 158. The molecule has 0 aromatic heterocycles. The van der Waals surface area contributed by atoms with Crippen LogP contribution in [-0.2, 0) is 4.74 Å². The summed E-state index contributed by atoms with van der Waals surface area (Å²) in [5.41, 5.74) is 0.205. The van der Waals surface area contributed by atoms with Crippen molar-refractivity contribution in [1.29, 1.82) is 0 Å². The lowest BCUT2D eigenvalue weighted by molar-refractivity contribution is -0.0530. The average Bonchev–Trinajstić information content (AvgIpc) is 2.00. The van der Waals surface area contributed by atoms with Crippen LogP contribution in [0.2, 0.25) is 0 Å². The van der Waals surface area contributed by atoms with Gasteiger partial charge >= 0.3 is 0 Å². The smallest absolute Gasteiger partial charge is 0.0700 e. The fourth-order valence-corrected chi connectivity index (χ4v) is 1.49. The predicted octanol–water partition coefficient (Wildman–Crippen LogP) is 2.72. The average molecular weight is 199 g/mol. The van der Waals surface area contributed by atoms with Gasteiger partial charge in [-0.1, -0.05) is 6.92 Å². The van der Waals surface area contributed by atoms with Crippen molar-refractivity contribution in [1.82, 2.24) is 5.32 Å². The molecule has 84 valence electrons. The van der Waals surface area contributed by atoms with E-state index in [0.717, 1.165) is 13.0 Å². The van der Waals surface area contributed by atoms with Gasteiger partial charge in [0, 0.05) is 12.1 Å². The van der Waals surface area contributed by atoms with Gasteiger partial charge in [0.05, 0.1) is 12.2 Å². The molecule has 1 saturated carbocycles. The van der Waals surface area contributed by atoms with Gasteiger partial charge in [-0.2, -0.15) is 0 Å². The van der Waals surface area contributed by atoms with E-state index >= 15 is 0 Å². The second-order valence-electron chi connectivity index (χ2n) is 5.35. The zero-order valence-corrected chi connectivity index (χ0v) is 10.1. The van der Waals surface area contributed by atoms with Crippen LogP contribution in [0.25, 0.3) is 0 Å². The van der Waals surface area contributed by atoms with Gasteiger partial charge in [-0.15, -0.1) is 0 Å². The molecule has 1 aliphatic rings. The summed E-state index contributed by atoms with van der Waals surface area (Å²) >= 11 is 0. The van der Waals surface area contributed by atoms with Crippen LogP contribution in [-0.4, -0.2) is 24.3 Å². The number of rotatable bonds is 5. The topological polar surface area (TPSA) is 21.3 Å². The third kappa shape index (κ3) is 4.43. The van der Waals surface area contributed by atoms with Crippen LogP contribution in [0.4, 0.5) is 0 Å². The number of ether oxygens (including phenoxy) is 1. The molecule has 0 aromatic rings. The largest absolute Gasteiger partial charge is 0.374 e. The molecule has 1 rings (SSSR count). The minimum atomic E-state index is 0.205. The molecule has 1 atom stereocenters. The van der Waals surface area contributed by atoms with Crippen molar-refractivity contribution in [3.8, 4) is 0 Å². The molecule has 0 spiro atoms. The van der Waals surface area contributed by atoms with Gasteiger partial charge in [0.1, 0.15) is 0 Å². The van der Waals surface area contributed by atoms with Crippen molar-refractivity contribution >= 4 is 0 Å². The molecule has 2 heteroatoms. The van der Waals surface area contributed by atoms with Gasteiger partial charge in [-0.05, 0) is 46.5 Å². The maximum Gasteiger partial charge on any atom is 0.0700 e. The van der Waals surface area contributed by atoms with Gasteiger partial charge in [-0.3, -0.25) is 0 Å². The number of hydrogen-bond donors (Lipinski definition) is 1. The van der Waals surface area contributed by atoms with Crippen molar-refractivity contribution < 1.29 is 4.74 Å². The Kier molecular flexibility index (Phi) is 4.39. The van der Waals surface area contributed by atoms with Crippen molar-refractivity contribution in [2.45, 2.75) is 71.1 Å². The van der Waals surface area contributed by atoms with Gasteiger partial charge in [0.15, 0.2) is 0 Å². The molecule has 0 bridgehead atoms. The van der Waals surface area contributed by atoms with Crippen molar-refractivity contribution in [3.05, 3.63) is 0 Å². The molecule has 0 aliphatic heterocycles. The van der Waals surface area contributed by atoms with Crippen LogP contribution >= 0.6 is 0 Å². The molecule has 1 N–H and O–H groups in total. The van der Waals surface area contributed by atoms with E-state index < -0.39 is 0 Å². The summed E-state index contributed by atoms with van der Waals surface area (Å²) in [4.78, 5) is 0. The first-order chi connectivity index (χ1) is 6.51. The first-order valence-electron chi connectivity index (χ1n) is 5.92. The molecule has 1 aliphatic carbocycles. The second-order valence-corrected chi connectivity index (χ2v) is 5.35. The Labute approximate surface area is 88.4 Å². The molecule has 0 saturated heterocycles. The van der Waals surface area contributed by atoms with E-state index in [1.807, 2.05) is 0 Å². The minimum absolute atomic E-state index is 0.205. The summed E-state index contributed by atoms with van der Waals surface area (Å²) in [6, 6.07) is 0. The highest BCUT2D eigenvalue weighted by Crippen LogP contribution is 2.23. The molecular weight excluding hydrogens is 174 g/mol. The van der Waals surface area contributed by atoms with Gasteiger partial charge in [0.25, 0.3) is 0 Å². The predicted molar refractivity (Wildman–Crippen MR) is 60.6 cm³/mol. The minimum Gasteiger partial charge on any atom is -0.374 e. The van der Waals surface area contributed by atoms with E-state index in [0.29, 0.717) is 12.2 Å². The Morgan fingerprint density at radius 3 is 2.36 bits per heavy atom. The molecule has 0 amide bonds. The summed E-state index contributed by atoms with van der Waals surface area (Å²) in [5, 5.41) is 3.50. The molecule has 2 nitrogen and oxygen atoms in total. The molecule has 14 heavy (non-hydrogen) atoms. The molecular formula is C12H25NO. The standard InChI is InChI=1S/C12H25NO/c1-5-10(9-13-12(2,3)4)14-11-7-6-8-11/h10-11,13H,5-9H2,1-4H3. The number of nitrogens with one attached hydrogen (secondary N) is 1. The lowest BCUT2D eigenvalue weighted by Crippen LogP contribution is -2.43. The van der Waals surface area contributed by atoms with Crippen molar-refractivity contribution in [2.24, 2.45) is 0 Å². The Balaban J connectivity index is 2.17. The summed E-state index contributed by atoms with van der Waals surface area (Å²) in [5.74, 6) is 0.